The summed E-state index contributed by atoms with van der Waals surface area (Å²) in [5.41, 5.74) is 0.104. The molecule has 16 nitrogen and oxygen atoms in total. The zero-order valence-electron chi connectivity index (χ0n) is 23.2. The summed E-state index contributed by atoms with van der Waals surface area (Å²) in [6, 6.07) is 3.76. The highest BCUT2D eigenvalue weighted by Crippen LogP contribution is 2.31. The molecule has 1 aromatic rings. The molecular formula is C27H32FN3O13. The molecule has 240 valence electrons. The number of amides is 4. The molecule has 4 amide bonds. The second-order valence-electron chi connectivity index (χ2n) is 9.83. The van der Waals surface area contributed by atoms with E-state index < -0.39 is 55.4 Å². The van der Waals surface area contributed by atoms with Gasteiger partial charge in [-0.05, 0) is 30.5 Å². The van der Waals surface area contributed by atoms with Crippen LogP contribution in [0, 0.1) is 0 Å². The van der Waals surface area contributed by atoms with Crippen LogP contribution in [0.25, 0.3) is 0 Å². The number of aliphatic hydroxyl groups excluding tert-OH is 3. The van der Waals surface area contributed by atoms with Gasteiger partial charge in [0.25, 0.3) is 11.8 Å². The lowest BCUT2D eigenvalue weighted by molar-refractivity contribution is -0.271. The number of aliphatic carboxylic acids is 1. The number of benzene rings is 1. The molecule has 0 bridgehead atoms. The maximum atomic E-state index is 12.6. The van der Waals surface area contributed by atoms with E-state index in [4.69, 9.17) is 9.47 Å². The van der Waals surface area contributed by atoms with Gasteiger partial charge in [-0.2, -0.15) is 0 Å². The van der Waals surface area contributed by atoms with Crippen molar-refractivity contribution in [3.05, 3.63) is 35.9 Å². The second-order valence-corrected chi connectivity index (χ2v) is 9.83. The van der Waals surface area contributed by atoms with E-state index >= 15 is 0 Å². The van der Waals surface area contributed by atoms with Gasteiger partial charge in [0.15, 0.2) is 6.10 Å². The van der Waals surface area contributed by atoms with Crippen LogP contribution in [0.2, 0.25) is 0 Å². The molecule has 44 heavy (non-hydrogen) atoms. The average molecular weight is 626 g/mol. The lowest BCUT2D eigenvalue weighted by atomic mass is 9.99. The van der Waals surface area contributed by atoms with Crippen LogP contribution in [0.3, 0.4) is 0 Å². The predicted octanol–water partition coefficient (Wildman–Crippen LogP) is -0.506. The number of ether oxygens (including phenoxy) is 3. The number of imide groups is 1. The van der Waals surface area contributed by atoms with Crippen molar-refractivity contribution in [2.75, 3.05) is 18.4 Å². The maximum absolute atomic E-state index is 12.6. The number of aliphatic hydroxyl groups is 3. The molecule has 3 rings (SSSR count). The van der Waals surface area contributed by atoms with E-state index in [0.29, 0.717) is 19.3 Å². The third-order valence-electron chi connectivity index (χ3n) is 6.59. The first-order valence-corrected chi connectivity index (χ1v) is 13.5. The molecule has 2 aliphatic heterocycles. The zero-order valence-corrected chi connectivity index (χ0v) is 23.2. The molecule has 0 spiro atoms. The number of carbonyl (C=O) groups excluding carboxylic acids is 5. The smallest absolute Gasteiger partial charge is 0.479 e. The summed E-state index contributed by atoms with van der Waals surface area (Å²) < 4.78 is 27.5. The Morgan fingerprint density at radius 1 is 0.932 bits per heavy atom. The number of rotatable bonds is 15. The largest absolute Gasteiger partial charge is 0.495 e. The number of hydrogen-bond acceptors (Lipinski definition) is 12. The Labute approximate surface area is 249 Å². The first-order chi connectivity index (χ1) is 20.9. The van der Waals surface area contributed by atoms with Crippen LogP contribution in [0.4, 0.5) is 14.9 Å². The number of halogens is 1. The number of carboxylic acid groups (broad SMARTS) is 1. The summed E-state index contributed by atoms with van der Waals surface area (Å²) in [6.07, 6.45) is -7.66. The van der Waals surface area contributed by atoms with Crippen molar-refractivity contribution in [3.8, 4) is 5.75 Å². The van der Waals surface area contributed by atoms with Crippen LogP contribution in [0.1, 0.15) is 37.7 Å². The Bertz CT molecular complexity index is 1270. The third kappa shape index (κ3) is 9.53. The summed E-state index contributed by atoms with van der Waals surface area (Å²) in [4.78, 5) is 70.9. The lowest BCUT2D eigenvalue weighted by Crippen LogP contribution is -2.61. The summed E-state index contributed by atoms with van der Waals surface area (Å²) >= 11 is 0. The fraction of sp³-hybridized carbons (Fsp3) is 0.481. The monoisotopic (exact) mass is 625 g/mol. The van der Waals surface area contributed by atoms with Crippen LogP contribution in [-0.2, 0) is 40.1 Å². The highest BCUT2D eigenvalue weighted by atomic mass is 19.1. The van der Waals surface area contributed by atoms with Crippen LogP contribution in [0.15, 0.2) is 30.4 Å². The molecule has 6 N–H and O–H groups in total. The van der Waals surface area contributed by atoms with Crippen molar-refractivity contribution >= 4 is 41.5 Å². The molecule has 0 unspecified atom stereocenters. The van der Waals surface area contributed by atoms with Crippen molar-refractivity contribution < 1.29 is 67.8 Å². The van der Waals surface area contributed by atoms with Gasteiger partial charge in [-0.3, -0.25) is 24.1 Å². The van der Waals surface area contributed by atoms with Crippen LogP contribution in [-0.4, -0.2) is 105 Å². The highest BCUT2D eigenvalue weighted by Gasteiger charge is 2.48. The zero-order chi connectivity index (χ0) is 32.4. The number of carboxylic acids is 1. The van der Waals surface area contributed by atoms with E-state index in [1.165, 1.54) is 30.4 Å². The molecule has 5 atom stereocenters. The van der Waals surface area contributed by atoms with Gasteiger partial charge >= 0.3 is 12.2 Å². The van der Waals surface area contributed by atoms with Gasteiger partial charge < -0.3 is 45.3 Å². The fourth-order valence-corrected chi connectivity index (χ4v) is 4.28. The first-order valence-electron chi connectivity index (χ1n) is 13.5. The number of anilines is 1. The molecule has 0 aromatic heterocycles. The SMILES string of the molecule is O=C(CCCCCN1C(=O)C=CC1=O)NCCC(=O)Nc1cc(COC(=O)F)ccc1O[C@@H]1O[C@H](C(=O)O)[C@@H](O)[C@H](O)[C@H]1O. The Morgan fingerprint density at radius 3 is 2.30 bits per heavy atom. The number of hydrogen-bond donors (Lipinski definition) is 6. The highest BCUT2D eigenvalue weighted by molar-refractivity contribution is 6.12. The molecule has 1 saturated heterocycles. The summed E-state index contributed by atoms with van der Waals surface area (Å²) in [5, 5.41) is 44.5. The maximum Gasteiger partial charge on any atom is 0.495 e. The van der Waals surface area contributed by atoms with E-state index in [1.54, 1.807) is 0 Å². The molecule has 0 aliphatic carbocycles. The molecule has 17 heteroatoms. The van der Waals surface area contributed by atoms with Crippen molar-refractivity contribution in [3.63, 3.8) is 0 Å². The minimum atomic E-state index is -2.05. The van der Waals surface area contributed by atoms with Gasteiger partial charge in [0, 0.05) is 38.1 Å². The molecule has 2 aliphatic rings. The lowest BCUT2D eigenvalue weighted by Gasteiger charge is -2.38. The Kier molecular flexibility index (Phi) is 12.3. The third-order valence-corrected chi connectivity index (χ3v) is 6.59. The molecular weight excluding hydrogens is 593 g/mol. The van der Waals surface area contributed by atoms with Crippen molar-refractivity contribution in [1.82, 2.24) is 10.2 Å². The number of unbranched alkanes of at least 4 members (excludes halogenated alkanes) is 2. The van der Waals surface area contributed by atoms with Crippen LogP contribution in [0.5, 0.6) is 5.75 Å². The van der Waals surface area contributed by atoms with Crippen LogP contribution < -0.4 is 15.4 Å². The van der Waals surface area contributed by atoms with E-state index in [1.807, 2.05) is 0 Å². The van der Waals surface area contributed by atoms with Gasteiger partial charge in [0.2, 0.25) is 18.1 Å². The average Bonchev–Trinajstić information content (AvgIpc) is 3.29. The van der Waals surface area contributed by atoms with Crippen molar-refractivity contribution in [2.24, 2.45) is 0 Å². The van der Waals surface area contributed by atoms with Gasteiger partial charge in [-0.25, -0.2) is 9.59 Å². The van der Waals surface area contributed by atoms with E-state index in [2.05, 4.69) is 15.4 Å². The van der Waals surface area contributed by atoms with Gasteiger partial charge in [-0.1, -0.05) is 12.5 Å². The standard InChI is InChI=1S/C27H32FN3O13/c28-27(41)42-13-14-5-6-16(43-26-23(38)21(36)22(37)24(44-26)25(39)40)15(12-14)30-18(33)9-10-29-17(32)4-2-1-3-11-31-19(34)7-8-20(31)35/h5-8,12,21-24,26,36-38H,1-4,9-11,13H2,(H,29,32)(H,30,33)(H,39,40)/t21-,22-,23+,24-,26+/m0/s1. The summed E-state index contributed by atoms with van der Waals surface area (Å²) in [5.74, 6) is -3.53. The van der Waals surface area contributed by atoms with Gasteiger partial charge in [0.1, 0.15) is 30.7 Å². The Morgan fingerprint density at radius 2 is 1.64 bits per heavy atom. The van der Waals surface area contributed by atoms with E-state index in [0.717, 1.165) is 4.90 Å². The van der Waals surface area contributed by atoms with Gasteiger partial charge in [-0.15, -0.1) is 4.39 Å². The molecule has 1 fully saturated rings. The molecule has 0 radical (unpaired) electrons. The minimum absolute atomic E-state index is 0.0582. The molecule has 0 saturated carbocycles. The predicted molar refractivity (Wildman–Crippen MR) is 143 cm³/mol. The molecule has 1 aromatic carbocycles. The normalized spacial score (nSPS) is 22.9. The Balaban J connectivity index is 1.52. The Hall–Kier alpha value is -4.45. The quantitative estimate of drug-likeness (QED) is 0.0819. The summed E-state index contributed by atoms with van der Waals surface area (Å²) in [7, 11) is 0. The van der Waals surface area contributed by atoms with Gasteiger partial charge in [0.05, 0.1) is 5.69 Å². The molecule has 2 heterocycles. The minimum Gasteiger partial charge on any atom is -0.479 e. The van der Waals surface area contributed by atoms with Crippen molar-refractivity contribution in [2.45, 2.75) is 69.4 Å². The van der Waals surface area contributed by atoms with E-state index in [9.17, 15) is 53.6 Å². The number of nitrogens with one attached hydrogen (secondary N) is 2. The van der Waals surface area contributed by atoms with E-state index in [-0.39, 0.29) is 60.7 Å². The summed E-state index contributed by atoms with van der Waals surface area (Å²) in [6.45, 7) is -0.327. The number of carbonyl (C=O) groups is 6. The fourth-order valence-electron chi connectivity index (χ4n) is 4.28. The second kappa shape index (κ2) is 15.9. The van der Waals surface area contributed by atoms with Crippen LogP contribution >= 0.6 is 0 Å². The topological polar surface area (TPSA) is 238 Å². The first kappa shape index (κ1) is 34.0. The van der Waals surface area contributed by atoms with Crippen molar-refractivity contribution in [1.29, 1.82) is 0 Å². The number of nitrogens with zero attached hydrogens (tertiary/aromatic N) is 1.